The predicted octanol–water partition coefficient (Wildman–Crippen LogP) is 2.26. The Bertz CT molecular complexity index is 345. The maximum absolute atomic E-state index is 11.5. The van der Waals surface area contributed by atoms with E-state index in [-0.39, 0.29) is 22.7 Å². The number of pyridine rings is 1. The summed E-state index contributed by atoms with van der Waals surface area (Å²) in [7, 11) is 0. The fourth-order valence-electron chi connectivity index (χ4n) is 1.16. The van der Waals surface area contributed by atoms with Crippen LogP contribution in [0.2, 0.25) is 0 Å². The Morgan fingerprint density at radius 2 is 2.15 bits per heavy atom. The van der Waals surface area contributed by atoms with Gasteiger partial charge in [-0.15, -0.1) is 17.0 Å². The Morgan fingerprint density at radius 3 is 2.85 bits per heavy atom. The molecule has 0 fully saturated rings. The molecule has 0 aromatic carbocycles. The first-order valence-corrected chi connectivity index (χ1v) is 5.99. The summed E-state index contributed by atoms with van der Waals surface area (Å²) in [6.45, 7) is 0.920. The lowest BCUT2D eigenvalue weighted by Gasteiger charge is -2.09. The van der Waals surface area contributed by atoms with Gasteiger partial charge in [0.1, 0.15) is 0 Å². The van der Waals surface area contributed by atoms with Crippen molar-refractivity contribution in [3.05, 3.63) is 15.1 Å². The molecule has 6 heteroatoms. The SMILES string of the molecule is Br.[O-]c1c(Br)cc(Br)[n+]2c1SCC2. The lowest BCUT2D eigenvalue weighted by Crippen LogP contribution is -2.35. The van der Waals surface area contributed by atoms with Gasteiger partial charge in [0.2, 0.25) is 9.63 Å². The number of hydrogen-bond acceptors (Lipinski definition) is 2. The maximum Gasteiger partial charge on any atom is 0.249 e. The van der Waals surface area contributed by atoms with Crippen LogP contribution < -0.4 is 9.67 Å². The van der Waals surface area contributed by atoms with Crippen LogP contribution in [0.1, 0.15) is 0 Å². The highest BCUT2D eigenvalue weighted by atomic mass is 79.9. The van der Waals surface area contributed by atoms with Crippen LogP contribution in [0.4, 0.5) is 0 Å². The van der Waals surface area contributed by atoms with Gasteiger partial charge in [-0.3, -0.25) is 0 Å². The van der Waals surface area contributed by atoms with E-state index in [1.165, 1.54) is 0 Å². The van der Waals surface area contributed by atoms with E-state index in [4.69, 9.17) is 0 Å². The summed E-state index contributed by atoms with van der Waals surface area (Å²) in [6.07, 6.45) is 0. The Kier molecular flexibility index (Phi) is 4.09. The van der Waals surface area contributed by atoms with Gasteiger partial charge in [0.15, 0.2) is 6.54 Å². The third-order valence-corrected chi connectivity index (χ3v) is 4.03. The van der Waals surface area contributed by atoms with E-state index in [2.05, 4.69) is 31.9 Å². The van der Waals surface area contributed by atoms with E-state index in [0.29, 0.717) is 4.47 Å². The first-order valence-electron chi connectivity index (χ1n) is 3.42. The summed E-state index contributed by atoms with van der Waals surface area (Å²) >= 11 is 8.26. The van der Waals surface area contributed by atoms with Gasteiger partial charge < -0.3 is 5.11 Å². The van der Waals surface area contributed by atoms with Gasteiger partial charge in [0.05, 0.1) is 5.75 Å². The van der Waals surface area contributed by atoms with Crippen molar-refractivity contribution in [2.24, 2.45) is 0 Å². The zero-order chi connectivity index (χ0) is 8.72. The number of aromatic nitrogens is 1. The van der Waals surface area contributed by atoms with E-state index in [1.54, 1.807) is 17.8 Å². The van der Waals surface area contributed by atoms with Crippen LogP contribution >= 0.6 is 60.6 Å². The van der Waals surface area contributed by atoms with Crippen LogP contribution in [0.3, 0.4) is 0 Å². The van der Waals surface area contributed by atoms with Crippen LogP contribution in [-0.2, 0) is 6.54 Å². The van der Waals surface area contributed by atoms with E-state index in [0.717, 1.165) is 21.9 Å². The molecule has 0 saturated heterocycles. The summed E-state index contributed by atoms with van der Waals surface area (Å²) in [5.74, 6) is 1.09. The van der Waals surface area contributed by atoms with Gasteiger partial charge in [-0.1, -0.05) is 27.7 Å². The highest BCUT2D eigenvalue weighted by Crippen LogP contribution is 2.34. The third kappa shape index (κ3) is 2.06. The van der Waals surface area contributed by atoms with Gasteiger partial charge in [0.25, 0.3) is 0 Å². The first kappa shape index (κ1) is 11.8. The molecular formula is C7H6Br3NOS. The number of nitrogens with zero attached hydrogens (tertiary/aromatic N) is 1. The molecule has 0 spiro atoms. The van der Waals surface area contributed by atoms with E-state index in [1.807, 2.05) is 4.57 Å². The number of hydrogen-bond donors (Lipinski definition) is 0. The molecule has 0 amide bonds. The van der Waals surface area contributed by atoms with Crippen molar-refractivity contribution in [1.82, 2.24) is 0 Å². The van der Waals surface area contributed by atoms with E-state index >= 15 is 0 Å². The predicted molar refractivity (Wildman–Crippen MR) is 62.5 cm³/mol. The Labute approximate surface area is 108 Å². The third-order valence-electron chi connectivity index (χ3n) is 1.71. The summed E-state index contributed by atoms with van der Waals surface area (Å²) in [4.78, 5) is 0. The van der Waals surface area contributed by atoms with E-state index in [9.17, 15) is 5.11 Å². The lowest BCUT2D eigenvalue weighted by atomic mass is 10.4. The molecule has 0 bridgehead atoms. The summed E-state index contributed by atoms with van der Waals surface area (Å²) in [5, 5.41) is 12.3. The zero-order valence-corrected chi connectivity index (χ0v) is 12.1. The smallest absolute Gasteiger partial charge is 0.249 e. The van der Waals surface area contributed by atoms with Crippen LogP contribution in [-0.4, -0.2) is 5.75 Å². The maximum atomic E-state index is 11.5. The molecule has 1 aliphatic heterocycles. The Hall–Kier alpha value is 0.740. The Morgan fingerprint density at radius 1 is 1.46 bits per heavy atom. The molecule has 1 aromatic heterocycles. The van der Waals surface area contributed by atoms with E-state index < -0.39 is 0 Å². The molecule has 1 aliphatic rings. The van der Waals surface area contributed by atoms with Crippen molar-refractivity contribution < 1.29 is 9.67 Å². The molecule has 2 heterocycles. The molecule has 0 N–H and O–H groups in total. The topological polar surface area (TPSA) is 26.9 Å². The standard InChI is InChI=1S/C7H5Br2NOS.BrH/c8-4-3-5(9)10-1-2-12-7(10)6(4)11;/h3H,1-2H2;1H. The molecule has 0 unspecified atom stereocenters. The van der Waals surface area contributed by atoms with Crippen molar-refractivity contribution in [2.75, 3.05) is 5.75 Å². The van der Waals surface area contributed by atoms with Crippen molar-refractivity contribution >= 4 is 60.6 Å². The number of fused-ring (bicyclic) bond motifs is 1. The van der Waals surface area contributed by atoms with Gasteiger partial charge in [0, 0.05) is 26.5 Å². The average molecular weight is 392 g/mol. The average Bonchev–Trinajstić information content (AvgIpc) is 2.48. The molecular weight excluding hydrogens is 386 g/mol. The molecule has 2 nitrogen and oxygen atoms in total. The number of halogens is 3. The molecule has 0 saturated carbocycles. The zero-order valence-electron chi connectivity index (χ0n) is 6.42. The van der Waals surface area contributed by atoms with Crippen LogP contribution in [0.25, 0.3) is 0 Å². The Balaban J connectivity index is 0.000000845. The summed E-state index contributed by atoms with van der Waals surface area (Å²) in [5.41, 5.74) is 0. The molecule has 13 heavy (non-hydrogen) atoms. The summed E-state index contributed by atoms with van der Waals surface area (Å²) < 4.78 is 3.60. The van der Waals surface area contributed by atoms with Gasteiger partial charge in [-0.25, -0.2) is 0 Å². The first-order chi connectivity index (χ1) is 5.70. The van der Waals surface area contributed by atoms with Crippen molar-refractivity contribution in [3.8, 4) is 5.75 Å². The second kappa shape index (κ2) is 4.51. The molecule has 0 radical (unpaired) electrons. The molecule has 0 aliphatic carbocycles. The minimum absolute atomic E-state index is 0. The normalized spacial score (nSPS) is 13.7. The number of thioether (sulfide) groups is 1. The summed E-state index contributed by atoms with van der Waals surface area (Å²) in [6, 6.07) is 1.80. The molecule has 1 aromatic rings. The van der Waals surface area contributed by atoms with Crippen LogP contribution in [0, 0.1) is 0 Å². The lowest BCUT2D eigenvalue weighted by molar-refractivity contribution is -0.736. The fourth-order valence-corrected chi connectivity index (χ4v) is 3.75. The minimum Gasteiger partial charge on any atom is -0.867 e. The molecule has 72 valence electrons. The molecule has 2 rings (SSSR count). The minimum atomic E-state index is 0. The van der Waals surface area contributed by atoms with Gasteiger partial charge in [-0.05, 0) is 5.75 Å². The van der Waals surface area contributed by atoms with Crippen LogP contribution in [0.5, 0.6) is 5.75 Å². The van der Waals surface area contributed by atoms with Crippen molar-refractivity contribution in [1.29, 1.82) is 0 Å². The van der Waals surface area contributed by atoms with Crippen molar-refractivity contribution in [3.63, 3.8) is 0 Å². The highest BCUT2D eigenvalue weighted by molar-refractivity contribution is 9.11. The second-order valence-electron chi connectivity index (χ2n) is 2.45. The van der Waals surface area contributed by atoms with Crippen LogP contribution in [0.15, 0.2) is 20.2 Å². The van der Waals surface area contributed by atoms with Gasteiger partial charge >= 0.3 is 0 Å². The quantitative estimate of drug-likeness (QED) is 0.501. The second-order valence-corrected chi connectivity index (χ2v) is 5.20. The largest absolute Gasteiger partial charge is 0.867 e. The monoisotopic (exact) mass is 389 g/mol. The fraction of sp³-hybridized carbons (Fsp3) is 0.286. The highest BCUT2D eigenvalue weighted by Gasteiger charge is 2.24. The molecule has 0 atom stereocenters. The number of rotatable bonds is 0. The van der Waals surface area contributed by atoms with Gasteiger partial charge in [-0.2, -0.15) is 4.57 Å². The van der Waals surface area contributed by atoms with Crippen molar-refractivity contribution in [2.45, 2.75) is 11.6 Å².